The molecule has 1 aromatic rings. The summed E-state index contributed by atoms with van der Waals surface area (Å²) in [6.45, 7) is 16.2. The van der Waals surface area contributed by atoms with Gasteiger partial charge in [-0.1, -0.05) is 97.2 Å². The van der Waals surface area contributed by atoms with Gasteiger partial charge in [0.1, 0.15) is 0 Å². The van der Waals surface area contributed by atoms with Crippen molar-refractivity contribution in [1.82, 2.24) is 0 Å². The summed E-state index contributed by atoms with van der Waals surface area (Å²) >= 11 is 7.56. The fourth-order valence-corrected chi connectivity index (χ4v) is 5.67. The predicted octanol–water partition coefficient (Wildman–Crippen LogP) is 9.36. The maximum atomic E-state index is 3.78. The van der Waals surface area contributed by atoms with E-state index in [0.29, 0.717) is 17.4 Å². The summed E-state index contributed by atoms with van der Waals surface area (Å²) < 4.78 is 2.32. The van der Waals surface area contributed by atoms with E-state index >= 15 is 0 Å². The molecule has 0 saturated carbocycles. The third-order valence-electron chi connectivity index (χ3n) is 6.73. The fraction of sp³-hybridized carbons (Fsp3) is 0.556. The van der Waals surface area contributed by atoms with Crippen LogP contribution < -0.4 is 4.90 Å². The highest BCUT2D eigenvalue weighted by molar-refractivity contribution is 9.11. The topological polar surface area (TPSA) is 3.24 Å². The molecule has 0 amide bonds. The van der Waals surface area contributed by atoms with Crippen LogP contribution >= 0.6 is 31.9 Å². The highest BCUT2D eigenvalue weighted by Crippen LogP contribution is 2.41. The Morgan fingerprint density at radius 2 is 1.57 bits per heavy atom. The summed E-state index contributed by atoms with van der Waals surface area (Å²) in [5, 5.41) is 0. The zero-order valence-electron chi connectivity index (χ0n) is 19.7. The Kier molecular flexibility index (Phi) is 7.14. The van der Waals surface area contributed by atoms with Crippen LogP contribution in [-0.4, -0.2) is 6.04 Å². The third kappa shape index (κ3) is 5.33. The van der Waals surface area contributed by atoms with Crippen molar-refractivity contribution >= 4 is 37.5 Å². The van der Waals surface area contributed by atoms with Crippen molar-refractivity contribution in [2.75, 3.05) is 4.90 Å². The lowest BCUT2D eigenvalue weighted by atomic mass is 9.76. The Morgan fingerprint density at radius 3 is 2.00 bits per heavy atom. The lowest BCUT2D eigenvalue weighted by Gasteiger charge is -2.40. The molecule has 0 spiro atoms. The second kappa shape index (κ2) is 8.98. The average molecular weight is 535 g/mol. The molecule has 0 aromatic heterocycles. The smallest absolute Gasteiger partial charge is 0.0436 e. The van der Waals surface area contributed by atoms with E-state index in [9.17, 15) is 0 Å². The summed E-state index contributed by atoms with van der Waals surface area (Å²) in [5.41, 5.74) is 6.03. The maximum Gasteiger partial charge on any atom is 0.0436 e. The molecule has 0 fully saturated rings. The Bertz CT molecular complexity index is 854. The predicted molar refractivity (Wildman–Crippen MR) is 139 cm³/mol. The first-order chi connectivity index (χ1) is 13.9. The van der Waals surface area contributed by atoms with E-state index in [2.05, 4.69) is 122 Å². The second-order valence-corrected chi connectivity index (χ2v) is 12.7. The number of benzene rings is 1. The number of anilines is 1. The molecule has 1 nitrogen and oxygen atoms in total. The molecule has 0 heterocycles. The summed E-state index contributed by atoms with van der Waals surface area (Å²) in [6, 6.07) is 5.06. The van der Waals surface area contributed by atoms with E-state index in [1.54, 1.807) is 5.57 Å². The lowest BCUT2D eigenvalue weighted by Crippen LogP contribution is -2.37. The Morgan fingerprint density at radius 1 is 0.933 bits per heavy atom. The van der Waals surface area contributed by atoms with E-state index in [1.165, 1.54) is 29.8 Å². The Balaban J connectivity index is 1.96. The van der Waals surface area contributed by atoms with Gasteiger partial charge < -0.3 is 4.90 Å². The number of allylic oxidation sites excluding steroid dienone is 4. The van der Waals surface area contributed by atoms with Crippen molar-refractivity contribution < 1.29 is 0 Å². The second-order valence-electron chi connectivity index (χ2n) is 11.0. The van der Waals surface area contributed by atoms with Gasteiger partial charge in [-0.3, -0.25) is 0 Å². The minimum Gasteiger partial charge on any atom is -0.338 e. The zero-order chi connectivity index (χ0) is 22.3. The van der Waals surface area contributed by atoms with Gasteiger partial charge >= 0.3 is 0 Å². The maximum absolute atomic E-state index is 3.78. The van der Waals surface area contributed by atoms with E-state index in [0.717, 1.165) is 21.8 Å². The fourth-order valence-electron chi connectivity index (χ4n) is 4.51. The molecule has 3 rings (SSSR count). The van der Waals surface area contributed by atoms with Crippen LogP contribution in [0.5, 0.6) is 0 Å². The molecule has 30 heavy (non-hydrogen) atoms. The van der Waals surface area contributed by atoms with Crippen LogP contribution in [0.3, 0.4) is 0 Å². The highest BCUT2D eigenvalue weighted by Gasteiger charge is 2.30. The van der Waals surface area contributed by atoms with Crippen molar-refractivity contribution in [3.63, 3.8) is 0 Å². The van der Waals surface area contributed by atoms with Crippen molar-refractivity contribution in [2.24, 2.45) is 16.7 Å². The third-order valence-corrected chi connectivity index (χ3v) is 8.37. The number of halogens is 2. The zero-order valence-corrected chi connectivity index (χ0v) is 22.8. The minimum atomic E-state index is 0.273. The van der Waals surface area contributed by atoms with Crippen LogP contribution in [0.2, 0.25) is 0 Å². The number of nitrogens with zero attached hydrogens (tertiary/aromatic N) is 1. The molecule has 0 bridgehead atoms. The van der Waals surface area contributed by atoms with E-state index in [1.807, 2.05) is 0 Å². The molecule has 0 aliphatic heterocycles. The summed E-state index contributed by atoms with van der Waals surface area (Å²) in [6.07, 6.45) is 14.3. The largest absolute Gasteiger partial charge is 0.338 e. The van der Waals surface area contributed by atoms with E-state index in [4.69, 9.17) is 0 Å². The van der Waals surface area contributed by atoms with Gasteiger partial charge in [0, 0.05) is 26.4 Å². The number of rotatable bonds is 3. The van der Waals surface area contributed by atoms with Crippen LogP contribution in [-0.2, 0) is 0 Å². The first kappa shape index (κ1) is 23.9. The molecule has 0 saturated heterocycles. The molecule has 1 aromatic carbocycles. The van der Waals surface area contributed by atoms with Crippen LogP contribution in [0.25, 0.3) is 0 Å². The van der Waals surface area contributed by atoms with Gasteiger partial charge in [0.25, 0.3) is 0 Å². The van der Waals surface area contributed by atoms with Crippen LogP contribution in [0, 0.1) is 23.7 Å². The summed E-state index contributed by atoms with van der Waals surface area (Å²) in [7, 11) is 0. The lowest BCUT2D eigenvalue weighted by molar-refractivity contribution is 0.292. The number of hydrogen-bond donors (Lipinski definition) is 0. The first-order valence-electron chi connectivity index (χ1n) is 11.2. The summed E-state index contributed by atoms with van der Waals surface area (Å²) in [4.78, 5) is 2.58. The minimum absolute atomic E-state index is 0.273. The normalized spacial score (nSPS) is 22.6. The molecule has 0 N–H and O–H groups in total. The summed E-state index contributed by atoms with van der Waals surface area (Å²) in [5.74, 6) is 0.596. The number of hydrogen-bond acceptors (Lipinski definition) is 1. The molecular weight excluding hydrogens is 498 g/mol. The van der Waals surface area contributed by atoms with Gasteiger partial charge in [0.2, 0.25) is 0 Å². The van der Waals surface area contributed by atoms with Crippen molar-refractivity contribution in [2.45, 2.75) is 80.2 Å². The Labute approximate surface area is 201 Å². The molecular formula is C27H37Br2N. The van der Waals surface area contributed by atoms with Gasteiger partial charge in [-0.2, -0.15) is 0 Å². The molecule has 2 aliphatic rings. The SMILES string of the molecule is Cc1c(Br)cc(N(C2=CCC(C(C)(C)C)C=C2)C2CC=C(C(C)(C)C)CC2)cc1Br. The van der Waals surface area contributed by atoms with Gasteiger partial charge in [0.15, 0.2) is 0 Å². The van der Waals surface area contributed by atoms with Crippen LogP contribution in [0.1, 0.15) is 72.8 Å². The van der Waals surface area contributed by atoms with Gasteiger partial charge in [-0.25, -0.2) is 0 Å². The van der Waals surface area contributed by atoms with Crippen molar-refractivity contribution in [3.05, 3.63) is 62.2 Å². The first-order valence-corrected chi connectivity index (χ1v) is 12.8. The van der Waals surface area contributed by atoms with Gasteiger partial charge in [0.05, 0.1) is 0 Å². The van der Waals surface area contributed by atoms with Crippen LogP contribution in [0.4, 0.5) is 5.69 Å². The van der Waals surface area contributed by atoms with E-state index in [-0.39, 0.29) is 5.41 Å². The van der Waals surface area contributed by atoms with Gasteiger partial charge in [-0.05, 0) is 73.1 Å². The van der Waals surface area contributed by atoms with E-state index < -0.39 is 0 Å². The molecule has 2 aliphatic carbocycles. The molecule has 2 unspecified atom stereocenters. The highest BCUT2D eigenvalue weighted by atomic mass is 79.9. The molecule has 3 heteroatoms. The molecule has 2 atom stereocenters. The van der Waals surface area contributed by atoms with Crippen molar-refractivity contribution in [3.8, 4) is 0 Å². The van der Waals surface area contributed by atoms with Crippen LogP contribution in [0.15, 0.2) is 56.7 Å². The Hall–Kier alpha value is -0.800. The molecule has 164 valence electrons. The average Bonchev–Trinajstić information content (AvgIpc) is 2.66. The quantitative estimate of drug-likeness (QED) is 0.349. The van der Waals surface area contributed by atoms with Crippen molar-refractivity contribution in [1.29, 1.82) is 0 Å². The standard InChI is InChI=1S/C27H37Br2N/c1-18-24(28)16-23(17-25(18)29)30(21-12-8-19(9-13-21)26(2,3)4)22-14-10-20(11-15-22)27(5,6)7/h8,10,12-13,16-17,19,22H,9,11,14-15H2,1-7H3. The monoisotopic (exact) mass is 533 g/mol. The molecule has 0 radical (unpaired) electrons. The van der Waals surface area contributed by atoms with Gasteiger partial charge in [-0.15, -0.1) is 0 Å².